The van der Waals surface area contributed by atoms with E-state index in [-0.39, 0.29) is 6.10 Å². The molecule has 0 aromatic heterocycles. The van der Waals surface area contributed by atoms with Gasteiger partial charge in [-0.2, -0.15) is 0 Å². The highest BCUT2D eigenvalue weighted by Gasteiger charge is 2.31. The SMILES string of the molecule is CN=C(NCCCOC(C)c1ccccc1)NC1CN(C(C)C)CC1C. The number of aliphatic imine (C=N–C) groups is 1. The van der Waals surface area contributed by atoms with Crippen LogP contribution >= 0.6 is 0 Å². The number of hydrogen-bond donors (Lipinski definition) is 2. The van der Waals surface area contributed by atoms with Crippen LogP contribution in [0.15, 0.2) is 35.3 Å². The summed E-state index contributed by atoms with van der Waals surface area (Å²) >= 11 is 0. The molecule has 0 saturated carbocycles. The van der Waals surface area contributed by atoms with Gasteiger partial charge < -0.3 is 15.4 Å². The van der Waals surface area contributed by atoms with Gasteiger partial charge in [0.05, 0.1) is 6.10 Å². The van der Waals surface area contributed by atoms with E-state index < -0.39 is 0 Å². The largest absolute Gasteiger partial charge is 0.374 e. The molecule has 5 heteroatoms. The first kappa shape index (κ1) is 20.7. The summed E-state index contributed by atoms with van der Waals surface area (Å²) in [4.78, 5) is 6.89. The second-order valence-corrected chi connectivity index (χ2v) is 7.55. The summed E-state index contributed by atoms with van der Waals surface area (Å²) in [6.07, 6.45) is 1.09. The van der Waals surface area contributed by atoms with Crippen LogP contribution in [0.25, 0.3) is 0 Å². The fourth-order valence-corrected chi connectivity index (χ4v) is 3.34. The number of nitrogens with one attached hydrogen (secondary N) is 2. The fraction of sp³-hybridized carbons (Fsp3) is 0.667. The molecule has 0 spiro atoms. The molecule has 1 aliphatic heterocycles. The topological polar surface area (TPSA) is 48.9 Å². The minimum atomic E-state index is 0.134. The summed E-state index contributed by atoms with van der Waals surface area (Å²) in [5, 5.41) is 7.00. The van der Waals surface area contributed by atoms with Crippen molar-refractivity contribution in [1.29, 1.82) is 0 Å². The number of hydrogen-bond acceptors (Lipinski definition) is 3. The second-order valence-electron chi connectivity index (χ2n) is 7.55. The van der Waals surface area contributed by atoms with Crippen molar-refractivity contribution >= 4 is 5.96 Å². The van der Waals surface area contributed by atoms with Gasteiger partial charge in [0.1, 0.15) is 0 Å². The Bertz CT molecular complexity index is 546. The van der Waals surface area contributed by atoms with Crippen molar-refractivity contribution in [3.8, 4) is 0 Å². The molecule has 1 aliphatic rings. The van der Waals surface area contributed by atoms with Crippen LogP contribution in [0.2, 0.25) is 0 Å². The Morgan fingerprint density at radius 3 is 2.58 bits per heavy atom. The van der Waals surface area contributed by atoms with Gasteiger partial charge in [-0.3, -0.25) is 9.89 Å². The zero-order valence-electron chi connectivity index (χ0n) is 17.0. The maximum Gasteiger partial charge on any atom is 0.191 e. The van der Waals surface area contributed by atoms with Gasteiger partial charge in [-0.25, -0.2) is 0 Å². The van der Waals surface area contributed by atoms with Crippen molar-refractivity contribution in [2.75, 3.05) is 33.3 Å². The molecule has 26 heavy (non-hydrogen) atoms. The van der Waals surface area contributed by atoms with Gasteiger partial charge in [-0.05, 0) is 38.7 Å². The summed E-state index contributed by atoms with van der Waals surface area (Å²) < 4.78 is 5.93. The van der Waals surface area contributed by atoms with Crippen LogP contribution in [0.3, 0.4) is 0 Å². The molecule has 0 radical (unpaired) electrons. The Kier molecular flexibility index (Phi) is 8.39. The van der Waals surface area contributed by atoms with Crippen molar-refractivity contribution in [3.05, 3.63) is 35.9 Å². The molecule has 2 rings (SSSR count). The number of benzene rings is 1. The lowest BCUT2D eigenvalue weighted by molar-refractivity contribution is 0.0646. The van der Waals surface area contributed by atoms with E-state index in [0.717, 1.165) is 38.6 Å². The van der Waals surface area contributed by atoms with Crippen LogP contribution in [0.5, 0.6) is 0 Å². The third-order valence-corrected chi connectivity index (χ3v) is 5.17. The normalized spacial score (nSPS) is 22.6. The summed E-state index contributed by atoms with van der Waals surface area (Å²) in [6, 6.07) is 11.4. The predicted molar refractivity (Wildman–Crippen MR) is 110 cm³/mol. The van der Waals surface area contributed by atoms with Crippen LogP contribution in [-0.2, 0) is 4.74 Å². The molecule has 0 aliphatic carbocycles. The zero-order chi connectivity index (χ0) is 18.9. The molecule has 1 fully saturated rings. The molecule has 5 nitrogen and oxygen atoms in total. The van der Waals surface area contributed by atoms with Crippen molar-refractivity contribution < 1.29 is 4.74 Å². The molecule has 3 unspecified atom stereocenters. The van der Waals surface area contributed by atoms with Crippen molar-refractivity contribution in [1.82, 2.24) is 15.5 Å². The van der Waals surface area contributed by atoms with Crippen LogP contribution in [0, 0.1) is 5.92 Å². The molecular weight excluding hydrogens is 324 g/mol. The van der Waals surface area contributed by atoms with E-state index >= 15 is 0 Å². The van der Waals surface area contributed by atoms with Crippen LogP contribution < -0.4 is 10.6 Å². The molecule has 2 N–H and O–H groups in total. The molecule has 1 heterocycles. The quantitative estimate of drug-likeness (QED) is 0.425. The van der Waals surface area contributed by atoms with Gasteiger partial charge in [0.2, 0.25) is 0 Å². The molecule has 1 saturated heterocycles. The fourth-order valence-electron chi connectivity index (χ4n) is 3.34. The Morgan fingerprint density at radius 2 is 1.96 bits per heavy atom. The molecule has 1 aromatic rings. The van der Waals surface area contributed by atoms with Gasteiger partial charge >= 0.3 is 0 Å². The first-order valence-electron chi connectivity index (χ1n) is 9.89. The van der Waals surface area contributed by atoms with Crippen molar-refractivity contribution in [3.63, 3.8) is 0 Å². The van der Waals surface area contributed by atoms with E-state index in [9.17, 15) is 0 Å². The first-order valence-corrected chi connectivity index (χ1v) is 9.89. The zero-order valence-corrected chi connectivity index (χ0v) is 17.0. The van der Waals surface area contributed by atoms with E-state index in [1.165, 1.54) is 5.56 Å². The lowest BCUT2D eigenvalue weighted by Crippen LogP contribution is -2.47. The minimum absolute atomic E-state index is 0.134. The number of nitrogens with zero attached hydrogens (tertiary/aromatic N) is 2. The Labute approximate surface area is 159 Å². The van der Waals surface area contributed by atoms with Crippen LogP contribution in [0.4, 0.5) is 0 Å². The summed E-state index contributed by atoms with van der Waals surface area (Å²) in [5.41, 5.74) is 1.22. The van der Waals surface area contributed by atoms with Gasteiger partial charge in [-0.1, -0.05) is 37.3 Å². The smallest absolute Gasteiger partial charge is 0.191 e. The minimum Gasteiger partial charge on any atom is -0.374 e. The highest BCUT2D eigenvalue weighted by atomic mass is 16.5. The Hall–Kier alpha value is -1.59. The van der Waals surface area contributed by atoms with Crippen molar-refractivity contribution in [2.24, 2.45) is 10.9 Å². The van der Waals surface area contributed by atoms with E-state index in [2.05, 4.69) is 72.5 Å². The average molecular weight is 361 g/mol. The lowest BCUT2D eigenvalue weighted by atomic mass is 10.1. The summed E-state index contributed by atoms with van der Waals surface area (Å²) in [5.74, 6) is 1.52. The first-order chi connectivity index (χ1) is 12.5. The summed E-state index contributed by atoms with van der Waals surface area (Å²) in [7, 11) is 1.84. The third kappa shape index (κ3) is 6.29. The van der Waals surface area contributed by atoms with E-state index in [1.54, 1.807) is 0 Å². The average Bonchev–Trinajstić information content (AvgIpc) is 3.01. The lowest BCUT2D eigenvalue weighted by Gasteiger charge is -2.22. The molecule has 0 amide bonds. The number of guanidine groups is 1. The molecular formula is C21H36N4O. The van der Waals surface area contributed by atoms with Gasteiger partial charge in [-0.15, -0.1) is 0 Å². The number of rotatable bonds is 8. The molecule has 146 valence electrons. The number of likely N-dealkylation sites (tertiary alicyclic amines) is 1. The molecule has 0 bridgehead atoms. The van der Waals surface area contributed by atoms with Crippen molar-refractivity contribution in [2.45, 2.75) is 52.3 Å². The maximum atomic E-state index is 5.93. The van der Waals surface area contributed by atoms with E-state index in [0.29, 0.717) is 18.0 Å². The maximum absolute atomic E-state index is 5.93. The number of ether oxygens (including phenoxy) is 1. The van der Waals surface area contributed by atoms with Crippen LogP contribution in [-0.4, -0.2) is 56.2 Å². The van der Waals surface area contributed by atoms with E-state index in [1.807, 2.05) is 13.1 Å². The highest BCUT2D eigenvalue weighted by molar-refractivity contribution is 5.80. The Balaban J connectivity index is 1.65. The second kappa shape index (κ2) is 10.5. The monoisotopic (exact) mass is 360 g/mol. The highest BCUT2D eigenvalue weighted by Crippen LogP contribution is 2.18. The van der Waals surface area contributed by atoms with E-state index in [4.69, 9.17) is 4.74 Å². The van der Waals surface area contributed by atoms with Gasteiger partial charge in [0, 0.05) is 45.4 Å². The third-order valence-electron chi connectivity index (χ3n) is 5.17. The van der Waals surface area contributed by atoms with Gasteiger partial charge in [0.25, 0.3) is 0 Å². The molecule has 1 aromatic carbocycles. The van der Waals surface area contributed by atoms with Gasteiger partial charge in [0.15, 0.2) is 5.96 Å². The standard InChI is InChI=1S/C21H36N4O/c1-16(2)25-14-17(3)20(15-25)24-21(22-5)23-12-9-13-26-18(4)19-10-7-6-8-11-19/h6-8,10-11,16-18,20H,9,12-15H2,1-5H3,(H2,22,23,24). The predicted octanol–water partition coefficient (Wildman–Crippen LogP) is 3.05. The Morgan fingerprint density at radius 1 is 1.23 bits per heavy atom. The van der Waals surface area contributed by atoms with Crippen LogP contribution in [0.1, 0.15) is 45.8 Å². The summed E-state index contributed by atoms with van der Waals surface area (Å²) in [6.45, 7) is 12.8. The molecule has 3 atom stereocenters.